The first-order chi connectivity index (χ1) is 12.2. The number of likely N-dealkylation sites (tertiary alicyclic amines) is 1. The van der Waals surface area contributed by atoms with Crippen LogP contribution in [0.5, 0.6) is 0 Å². The summed E-state index contributed by atoms with van der Waals surface area (Å²) in [4.78, 5) is 21.1. The molecule has 1 aromatic heterocycles. The molecule has 1 amide bonds. The highest BCUT2D eigenvalue weighted by Crippen LogP contribution is 2.36. The minimum absolute atomic E-state index is 0.0201. The van der Waals surface area contributed by atoms with Gasteiger partial charge in [-0.25, -0.2) is 0 Å². The van der Waals surface area contributed by atoms with Crippen molar-refractivity contribution in [3.05, 3.63) is 60.4 Å². The lowest BCUT2D eigenvalue weighted by Gasteiger charge is -2.52. The van der Waals surface area contributed by atoms with Gasteiger partial charge in [0.2, 0.25) is 0 Å². The molecule has 0 bridgehead atoms. The van der Waals surface area contributed by atoms with Crippen LogP contribution < -0.4 is 4.90 Å². The maximum atomic E-state index is 12.6. The highest BCUT2D eigenvalue weighted by Gasteiger charge is 2.49. The molecule has 1 aromatic carbocycles. The van der Waals surface area contributed by atoms with Gasteiger partial charge in [0.15, 0.2) is 0 Å². The van der Waals surface area contributed by atoms with E-state index in [1.807, 2.05) is 59.8 Å². The average Bonchev–Trinajstić information content (AvgIpc) is 2.64. The van der Waals surface area contributed by atoms with Crippen molar-refractivity contribution in [3.63, 3.8) is 0 Å². The predicted molar refractivity (Wildman–Crippen MR) is 96.2 cm³/mol. The smallest absolute Gasteiger partial charge is 0.253 e. The fourth-order valence-corrected chi connectivity index (χ4v) is 3.87. The van der Waals surface area contributed by atoms with E-state index in [0.717, 1.165) is 31.7 Å². The van der Waals surface area contributed by atoms with E-state index in [1.165, 1.54) is 5.56 Å². The summed E-state index contributed by atoms with van der Waals surface area (Å²) in [5.74, 6) is 0.0411. The number of carbonyl (C=O) groups excluding carboxylic acids is 1. The van der Waals surface area contributed by atoms with E-state index >= 15 is 0 Å². The van der Waals surface area contributed by atoms with Crippen molar-refractivity contribution in [2.75, 3.05) is 24.6 Å². The molecule has 2 fully saturated rings. The number of fused-ring (bicyclic) bond motifs is 1. The number of anilines is 1. The standard InChI is InChI=1S/C20H23N3O2/c1-20-9-12-22(13-16-7-10-21-11-8-16)14-18(20)23(19(24)15-25-20)17-5-3-2-4-6-17/h2-8,10-11,18H,9,12-15H2,1H3/t18-,20-/m1/s1. The van der Waals surface area contributed by atoms with Crippen molar-refractivity contribution >= 4 is 11.6 Å². The number of hydrogen-bond acceptors (Lipinski definition) is 4. The third kappa shape index (κ3) is 3.17. The number of piperidine rings is 1. The van der Waals surface area contributed by atoms with Crippen molar-refractivity contribution in [1.29, 1.82) is 0 Å². The number of rotatable bonds is 3. The summed E-state index contributed by atoms with van der Waals surface area (Å²) in [6, 6.07) is 14.1. The van der Waals surface area contributed by atoms with E-state index in [9.17, 15) is 4.79 Å². The molecule has 0 saturated carbocycles. The Bertz CT molecular complexity index is 737. The molecule has 2 aliphatic heterocycles. The van der Waals surface area contributed by atoms with Crippen LogP contribution in [0.3, 0.4) is 0 Å². The molecule has 0 unspecified atom stereocenters. The van der Waals surface area contributed by atoms with Crippen molar-refractivity contribution in [2.24, 2.45) is 0 Å². The van der Waals surface area contributed by atoms with E-state index in [2.05, 4.69) is 16.8 Å². The number of hydrogen-bond donors (Lipinski definition) is 0. The second-order valence-corrected chi connectivity index (χ2v) is 7.06. The molecule has 2 aromatic rings. The maximum absolute atomic E-state index is 12.6. The van der Waals surface area contributed by atoms with Gasteiger partial charge in [0.1, 0.15) is 6.61 Å². The Morgan fingerprint density at radius 2 is 1.96 bits per heavy atom. The topological polar surface area (TPSA) is 45.7 Å². The lowest BCUT2D eigenvalue weighted by atomic mass is 9.85. The Labute approximate surface area is 148 Å². The molecule has 25 heavy (non-hydrogen) atoms. The number of carbonyl (C=O) groups is 1. The Morgan fingerprint density at radius 1 is 1.20 bits per heavy atom. The minimum Gasteiger partial charge on any atom is -0.363 e. The van der Waals surface area contributed by atoms with Crippen LogP contribution in [0.2, 0.25) is 0 Å². The first-order valence-corrected chi connectivity index (χ1v) is 8.78. The zero-order valence-corrected chi connectivity index (χ0v) is 14.5. The molecular weight excluding hydrogens is 314 g/mol. The van der Waals surface area contributed by atoms with Crippen LogP contribution >= 0.6 is 0 Å². The molecule has 0 radical (unpaired) electrons. The molecule has 5 heteroatoms. The molecule has 2 saturated heterocycles. The van der Waals surface area contributed by atoms with Crippen LogP contribution in [0.15, 0.2) is 54.9 Å². The zero-order chi connectivity index (χ0) is 17.3. The number of morpholine rings is 1. The quantitative estimate of drug-likeness (QED) is 0.863. The lowest BCUT2D eigenvalue weighted by molar-refractivity contribution is -0.150. The molecule has 0 spiro atoms. The second-order valence-electron chi connectivity index (χ2n) is 7.06. The summed E-state index contributed by atoms with van der Waals surface area (Å²) >= 11 is 0. The van der Waals surface area contributed by atoms with Gasteiger partial charge in [0.25, 0.3) is 5.91 Å². The van der Waals surface area contributed by atoms with Crippen LogP contribution in [0.1, 0.15) is 18.9 Å². The van der Waals surface area contributed by atoms with Crippen LogP contribution in [-0.4, -0.2) is 47.1 Å². The summed E-state index contributed by atoms with van der Waals surface area (Å²) in [6.45, 7) is 4.94. The lowest BCUT2D eigenvalue weighted by Crippen LogP contribution is -2.67. The van der Waals surface area contributed by atoms with Crippen LogP contribution in [0.4, 0.5) is 5.69 Å². The van der Waals surface area contributed by atoms with Crippen molar-refractivity contribution < 1.29 is 9.53 Å². The van der Waals surface area contributed by atoms with E-state index in [1.54, 1.807) is 0 Å². The molecule has 130 valence electrons. The van der Waals surface area contributed by atoms with Gasteiger partial charge in [0.05, 0.1) is 11.6 Å². The maximum Gasteiger partial charge on any atom is 0.253 e. The van der Waals surface area contributed by atoms with E-state index < -0.39 is 0 Å². The van der Waals surface area contributed by atoms with E-state index in [-0.39, 0.29) is 24.2 Å². The monoisotopic (exact) mass is 337 g/mol. The highest BCUT2D eigenvalue weighted by molar-refractivity contribution is 5.96. The number of amides is 1. The van der Waals surface area contributed by atoms with Gasteiger partial charge < -0.3 is 9.64 Å². The molecule has 3 heterocycles. The molecule has 2 atom stereocenters. The highest BCUT2D eigenvalue weighted by atomic mass is 16.5. The fraction of sp³-hybridized carbons (Fsp3) is 0.400. The molecule has 0 N–H and O–H groups in total. The summed E-state index contributed by atoms with van der Waals surface area (Å²) < 4.78 is 6.00. The van der Waals surface area contributed by atoms with Crippen LogP contribution in [-0.2, 0) is 16.1 Å². The third-order valence-corrected chi connectivity index (χ3v) is 5.36. The Kier molecular flexibility index (Phi) is 4.27. The SMILES string of the molecule is C[C@@]12CCN(Cc3ccncc3)C[C@H]1N(c1ccccc1)C(=O)CO2. The van der Waals surface area contributed by atoms with Gasteiger partial charge in [0, 0.05) is 37.7 Å². The van der Waals surface area contributed by atoms with Crippen molar-refractivity contribution in [2.45, 2.75) is 31.5 Å². The first kappa shape index (κ1) is 16.2. The van der Waals surface area contributed by atoms with E-state index in [0.29, 0.717) is 0 Å². The number of para-hydroxylation sites is 1. The summed E-state index contributed by atoms with van der Waals surface area (Å²) in [5.41, 5.74) is 1.91. The summed E-state index contributed by atoms with van der Waals surface area (Å²) in [7, 11) is 0. The minimum atomic E-state index is -0.293. The first-order valence-electron chi connectivity index (χ1n) is 8.78. The Morgan fingerprint density at radius 3 is 2.72 bits per heavy atom. The predicted octanol–water partition coefficient (Wildman–Crippen LogP) is 2.48. The summed E-state index contributed by atoms with van der Waals surface area (Å²) in [5, 5.41) is 0. The molecule has 2 aliphatic rings. The van der Waals surface area contributed by atoms with Crippen molar-refractivity contribution in [3.8, 4) is 0 Å². The van der Waals surface area contributed by atoms with Crippen LogP contribution in [0, 0.1) is 0 Å². The number of benzene rings is 1. The molecule has 4 rings (SSSR count). The van der Waals surface area contributed by atoms with Gasteiger partial charge in [-0.05, 0) is 43.2 Å². The average molecular weight is 337 g/mol. The molecular formula is C20H23N3O2. The zero-order valence-electron chi connectivity index (χ0n) is 14.5. The summed E-state index contributed by atoms with van der Waals surface area (Å²) in [6.07, 6.45) is 4.57. The van der Waals surface area contributed by atoms with Gasteiger partial charge in [-0.3, -0.25) is 14.7 Å². The number of pyridine rings is 1. The van der Waals surface area contributed by atoms with Gasteiger partial charge >= 0.3 is 0 Å². The largest absolute Gasteiger partial charge is 0.363 e. The van der Waals surface area contributed by atoms with Gasteiger partial charge in [-0.15, -0.1) is 0 Å². The third-order valence-electron chi connectivity index (χ3n) is 5.36. The molecule has 5 nitrogen and oxygen atoms in total. The van der Waals surface area contributed by atoms with Crippen LogP contribution in [0.25, 0.3) is 0 Å². The van der Waals surface area contributed by atoms with Crippen molar-refractivity contribution in [1.82, 2.24) is 9.88 Å². The number of ether oxygens (including phenoxy) is 1. The molecule has 0 aliphatic carbocycles. The Hall–Kier alpha value is -2.24. The van der Waals surface area contributed by atoms with Gasteiger partial charge in [-0.2, -0.15) is 0 Å². The number of nitrogens with zero attached hydrogens (tertiary/aromatic N) is 3. The normalized spacial score (nSPS) is 27.2. The second kappa shape index (κ2) is 6.58. The van der Waals surface area contributed by atoms with Gasteiger partial charge in [-0.1, -0.05) is 18.2 Å². The Balaban J connectivity index is 1.59. The van der Waals surface area contributed by atoms with E-state index in [4.69, 9.17) is 4.74 Å². The number of aromatic nitrogens is 1. The fourth-order valence-electron chi connectivity index (χ4n) is 3.87.